The Morgan fingerprint density at radius 2 is 1.95 bits per heavy atom. The van der Waals surface area contributed by atoms with Crippen LogP contribution in [0.15, 0.2) is 0 Å². The molecule has 2 amide bonds. The van der Waals surface area contributed by atoms with Crippen molar-refractivity contribution in [1.82, 2.24) is 10.6 Å². The first kappa shape index (κ1) is 16.1. The van der Waals surface area contributed by atoms with Crippen LogP contribution in [0.5, 0.6) is 0 Å². The molecule has 3 N–H and O–H groups in total. The first-order chi connectivity index (χ1) is 9.95. The maximum absolute atomic E-state index is 11.9. The predicted molar refractivity (Wildman–Crippen MR) is 78.0 cm³/mol. The largest absolute Gasteiger partial charge is 0.479 e. The van der Waals surface area contributed by atoms with Gasteiger partial charge in [-0.05, 0) is 43.9 Å². The van der Waals surface area contributed by atoms with Crippen molar-refractivity contribution in [3.8, 4) is 0 Å². The second kappa shape index (κ2) is 7.11. The highest BCUT2D eigenvalue weighted by Gasteiger charge is 2.31. The molecule has 120 valence electrons. The Balaban J connectivity index is 1.67. The summed E-state index contributed by atoms with van der Waals surface area (Å²) < 4.78 is 5.36. The molecule has 1 heterocycles. The number of carbonyl (C=O) groups excluding carboxylic acids is 1. The van der Waals surface area contributed by atoms with Crippen molar-refractivity contribution in [1.29, 1.82) is 0 Å². The second-order valence-electron chi connectivity index (χ2n) is 6.52. The first-order valence-electron chi connectivity index (χ1n) is 7.88. The van der Waals surface area contributed by atoms with Gasteiger partial charge in [-0.15, -0.1) is 0 Å². The zero-order valence-corrected chi connectivity index (χ0v) is 12.8. The van der Waals surface area contributed by atoms with E-state index in [1.165, 1.54) is 0 Å². The van der Waals surface area contributed by atoms with Crippen LogP contribution in [0, 0.1) is 11.8 Å². The van der Waals surface area contributed by atoms with Gasteiger partial charge in [0.25, 0.3) is 0 Å². The normalized spacial score (nSPS) is 36.2. The fraction of sp³-hybridized carbons (Fsp3) is 0.867. The Morgan fingerprint density at radius 3 is 2.57 bits per heavy atom. The standard InChI is InChI=1S/C15H26N2O4/c1-9-3-5-12(10(2)7-9)17-15(20)16-8-11-4-6-13(21-11)14(18)19/h9-13H,3-8H2,1-2H3,(H,18,19)(H2,16,17,20). The number of hydrogen-bond donors (Lipinski definition) is 3. The highest BCUT2D eigenvalue weighted by molar-refractivity contribution is 5.74. The fourth-order valence-corrected chi connectivity index (χ4v) is 3.34. The molecule has 1 aliphatic heterocycles. The summed E-state index contributed by atoms with van der Waals surface area (Å²) in [6, 6.07) is 0.0567. The van der Waals surface area contributed by atoms with Crippen LogP contribution in [-0.2, 0) is 9.53 Å². The molecule has 0 aromatic carbocycles. The number of carbonyl (C=O) groups is 2. The smallest absolute Gasteiger partial charge is 0.332 e. The molecule has 6 nitrogen and oxygen atoms in total. The number of rotatable bonds is 4. The summed E-state index contributed by atoms with van der Waals surface area (Å²) in [5, 5.41) is 14.7. The number of amides is 2. The minimum atomic E-state index is -0.924. The van der Waals surface area contributed by atoms with E-state index in [0.29, 0.717) is 25.3 Å². The third kappa shape index (κ3) is 4.59. The van der Waals surface area contributed by atoms with E-state index in [0.717, 1.165) is 25.2 Å². The summed E-state index contributed by atoms with van der Waals surface area (Å²) in [6.07, 6.45) is 3.60. The highest BCUT2D eigenvalue weighted by atomic mass is 16.5. The van der Waals surface area contributed by atoms with E-state index in [-0.39, 0.29) is 18.2 Å². The summed E-state index contributed by atoms with van der Waals surface area (Å²) in [6.45, 7) is 4.80. The fourth-order valence-electron chi connectivity index (χ4n) is 3.34. The second-order valence-corrected chi connectivity index (χ2v) is 6.52. The Labute approximate surface area is 125 Å². The van der Waals surface area contributed by atoms with Crippen LogP contribution in [0.2, 0.25) is 0 Å². The van der Waals surface area contributed by atoms with Gasteiger partial charge in [-0.2, -0.15) is 0 Å². The zero-order chi connectivity index (χ0) is 15.4. The molecule has 0 aromatic rings. The Hall–Kier alpha value is -1.30. The van der Waals surface area contributed by atoms with E-state index in [4.69, 9.17) is 9.84 Å². The Bertz CT molecular complexity index is 388. The maximum Gasteiger partial charge on any atom is 0.332 e. The summed E-state index contributed by atoms with van der Waals surface area (Å²) in [7, 11) is 0. The van der Waals surface area contributed by atoms with Crippen LogP contribution in [0.25, 0.3) is 0 Å². The van der Waals surface area contributed by atoms with Crippen molar-refractivity contribution in [2.45, 2.75) is 64.2 Å². The number of ether oxygens (including phenoxy) is 1. The molecule has 1 saturated heterocycles. The molecule has 21 heavy (non-hydrogen) atoms. The third-order valence-corrected chi connectivity index (χ3v) is 4.62. The summed E-state index contributed by atoms with van der Waals surface area (Å²) >= 11 is 0. The number of urea groups is 1. The lowest BCUT2D eigenvalue weighted by Gasteiger charge is -2.33. The third-order valence-electron chi connectivity index (χ3n) is 4.62. The van der Waals surface area contributed by atoms with Gasteiger partial charge >= 0.3 is 12.0 Å². The van der Waals surface area contributed by atoms with Gasteiger partial charge in [-0.3, -0.25) is 0 Å². The van der Waals surface area contributed by atoms with Gasteiger partial charge in [0.2, 0.25) is 0 Å². The van der Waals surface area contributed by atoms with Crippen LogP contribution in [0.1, 0.15) is 46.0 Å². The zero-order valence-electron chi connectivity index (χ0n) is 12.8. The monoisotopic (exact) mass is 298 g/mol. The minimum absolute atomic E-state index is 0.177. The van der Waals surface area contributed by atoms with Crippen molar-refractivity contribution in [3.63, 3.8) is 0 Å². The first-order valence-corrected chi connectivity index (χ1v) is 7.88. The van der Waals surface area contributed by atoms with Gasteiger partial charge in [-0.25, -0.2) is 9.59 Å². The van der Waals surface area contributed by atoms with Crippen LogP contribution < -0.4 is 10.6 Å². The highest BCUT2D eigenvalue weighted by Crippen LogP contribution is 2.28. The summed E-state index contributed by atoms with van der Waals surface area (Å²) in [5.74, 6) is 0.312. The van der Waals surface area contributed by atoms with Gasteiger partial charge in [0.1, 0.15) is 0 Å². The van der Waals surface area contributed by atoms with E-state index < -0.39 is 12.1 Å². The lowest BCUT2D eigenvalue weighted by atomic mass is 9.80. The SMILES string of the molecule is CC1CCC(NC(=O)NCC2CCC(C(=O)O)O2)C(C)C1. The van der Waals surface area contributed by atoms with Crippen LogP contribution in [0.3, 0.4) is 0 Å². The van der Waals surface area contributed by atoms with Gasteiger partial charge in [-0.1, -0.05) is 13.8 Å². The van der Waals surface area contributed by atoms with E-state index in [1.807, 2.05) is 0 Å². The van der Waals surface area contributed by atoms with Crippen LogP contribution in [-0.4, -0.2) is 41.9 Å². The number of aliphatic carboxylic acids is 1. The number of nitrogens with one attached hydrogen (secondary N) is 2. The van der Waals surface area contributed by atoms with Crippen LogP contribution >= 0.6 is 0 Å². The Kier molecular flexibility index (Phi) is 5.45. The van der Waals surface area contributed by atoms with Crippen molar-refractivity contribution in [2.24, 2.45) is 11.8 Å². The number of carboxylic acids is 1. The lowest BCUT2D eigenvalue weighted by Crippen LogP contribution is -2.48. The molecule has 6 heteroatoms. The molecule has 5 atom stereocenters. The molecular weight excluding hydrogens is 272 g/mol. The van der Waals surface area contributed by atoms with Crippen molar-refractivity contribution in [2.75, 3.05) is 6.54 Å². The molecule has 0 spiro atoms. The predicted octanol–water partition coefficient (Wildman–Crippen LogP) is 1.74. The molecule has 0 bridgehead atoms. The molecule has 1 aliphatic carbocycles. The van der Waals surface area contributed by atoms with Crippen molar-refractivity contribution >= 4 is 12.0 Å². The molecule has 1 saturated carbocycles. The van der Waals surface area contributed by atoms with E-state index >= 15 is 0 Å². The minimum Gasteiger partial charge on any atom is -0.479 e. The van der Waals surface area contributed by atoms with Crippen molar-refractivity contribution < 1.29 is 19.4 Å². The van der Waals surface area contributed by atoms with Gasteiger partial charge < -0.3 is 20.5 Å². The molecule has 2 aliphatic rings. The lowest BCUT2D eigenvalue weighted by molar-refractivity contribution is -0.149. The Morgan fingerprint density at radius 1 is 1.19 bits per heavy atom. The summed E-state index contributed by atoms with van der Waals surface area (Å²) in [5.41, 5.74) is 0. The van der Waals surface area contributed by atoms with Gasteiger partial charge in [0.05, 0.1) is 6.10 Å². The molecule has 0 aromatic heterocycles. The molecule has 2 fully saturated rings. The van der Waals surface area contributed by atoms with Crippen molar-refractivity contribution in [3.05, 3.63) is 0 Å². The van der Waals surface area contributed by atoms with E-state index in [1.54, 1.807) is 0 Å². The van der Waals surface area contributed by atoms with Crippen LogP contribution in [0.4, 0.5) is 4.79 Å². The van der Waals surface area contributed by atoms with Gasteiger partial charge in [0.15, 0.2) is 6.10 Å². The van der Waals surface area contributed by atoms with E-state index in [9.17, 15) is 9.59 Å². The number of carboxylic acid groups (broad SMARTS) is 1. The topological polar surface area (TPSA) is 87.7 Å². The quantitative estimate of drug-likeness (QED) is 0.738. The average Bonchev–Trinajstić information content (AvgIpc) is 2.89. The summed E-state index contributed by atoms with van der Waals surface area (Å²) in [4.78, 5) is 22.7. The molecular formula is C15H26N2O4. The molecule has 5 unspecified atom stereocenters. The average molecular weight is 298 g/mol. The molecule has 2 rings (SSSR count). The van der Waals surface area contributed by atoms with E-state index in [2.05, 4.69) is 24.5 Å². The maximum atomic E-state index is 11.9. The van der Waals surface area contributed by atoms with Gasteiger partial charge in [0, 0.05) is 12.6 Å². The molecule has 0 radical (unpaired) electrons. The number of hydrogen-bond acceptors (Lipinski definition) is 3.